The lowest BCUT2D eigenvalue weighted by molar-refractivity contribution is 0.467. The van der Waals surface area contributed by atoms with Crippen LogP contribution >= 0.6 is 15.9 Å². The molecule has 0 unspecified atom stereocenters. The molecule has 18 heavy (non-hydrogen) atoms. The molecule has 1 aromatic rings. The van der Waals surface area contributed by atoms with Crippen LogP contribution in [0.15, 0.2) is 16.6 Å². The first-order chi connectivity index (χ1) is 8.66. The van der Waals surface area contributed by atoms with Gasteiger partial charge >= 0.3 is 0 Å². The van der Waals surface area contributed by atoms with Gasteiger partial charge in [-0.2, -0.15) is 0 Å². The van der Waals surface area contributed by atoms with Crippen molar-refractivity contribution in [3.63, 3.8) is 0 Å². The van der Waals surface area contributed by atoms with Crippen LogP contribution in [0.3, 0.4) is 0 Å². The Hall–Kier alpha value is -0.640. The summed E-state index contributed by atoms with van der Waals surface area (Å²) < 4.78 is 27.9. The monoisotopic (exact) mass is 317 g/mol. The second kappa shape index (κ2) is 6.50. The van der Waals surface area contributed by atoms with Crippen molar-refractivity contribution in [2.45, 2.75) is 51.0 Å². The minimum absolute atomic E-state index is 0.0174. The summed E-state index contributed by atoms with van der Waals surface area (Å²) in [6, 6.07) is 2.79. The third-order valence-corrected chi connectivity index (χ3v) is 3.92. The summed E-state index contributed by atoms with van der Waals surface area (Å²) in [5, 5.41) is 3.04. The molecule has 1 aromatic carbocycles. The Bertz CT molecular complexity index is 378. The molecular formula is C14H18BrF2N. The van der Waals surface area contributed by atoms with Crippen LogP contribution < -0.4 is 5.32 Å². The first kappa shape index (κ1) is 13.8. The molecule has 0 saturated heterocycles. The van der Waals surface area contributed by atoms with Crippen LogP contribution in [0.1, 0.15) is 44.9 Å². The van der Waals surface area contributed by atoms with E-state index in [1.54, 1.807) is 0 Å². The van der Waals surface area contributed by atoms with Gasteiger partial charge in [-0.15, -0.1) is 0 Å². The van der Waals surface area contributed by atoms with Crippen molar-refractivity contribution in [2.24, 2.45) is 0 Å². The zero-order valence-corrected chi connectivity index (χ0v) is 11.9. The van der Waals surface area contributed by atoms with Crippen LogP contribution in [0, 0.1) is 11.6 Å². The molecule has 1 saturated carbocycles. The van der Waals surface area contributed by atoms with E-state index in [9.17, 15) is 8.78 Å². The van der Waals surface area contributed by atoms with Gasteiger partial charge in [-0.05, 0) is 25.0 Å². The Morgan fingerprint density at radius 1 is 0.944 bits per heavy atom. The van der Waals surface area contributed by atoms with Crippen molar-refractivity contribution in [1.82, 2.24) is 0 Å². The van der Waals surface area contributed by atoms with Gasteiger partial charge in [0.15, 0.2) is 0 Å². The van der Waals surface area contributed by atoms with Gasteiger partial charge in [-0.25, -0.2) is 8.78 Å². The van der Waals surface area contributed by atoms with Crippen molar-refractivity contribution in [2.75, 3.05) is 5.32 Å². The van der Waals surface area contributed by atoms with E-state index in [0.29, 0.717) is 4.47 Å². The highest BCUT2D eigenvalue weighted by Gasteiger charge is 2.16. The van der Waals surface area contributed by atoms with Gasteiger partial charge in [0.25, 0.3) is 0 Å². The predicted octanol–water partition coefficient (Wildman–Crippen LogP) is 5.25. The molecule has 0 spiro atoms. The Morgan fingerprint density at radius 3 is 2.00 bits per heavy atom. The molecule has 1 aliphatic carbocycles. The van der Waals surface area contributed by atoms with Crippen molar-refractivity contribution in [3.05, 3.63) is 28.2 Å². The topological polar surface area (TPSA) is 12.0 Å². The van der Waals surface area contributed by atoms with Crippen LogP contribution in [0.25, 0.3) is 0 Å². The smallest absolute Gasteiger partial charge is 0.150 e. The summed E-state index contributed by atoms with van der Waals surface area (Å²) in [4.78, 5) is 0. The standard InChI is InChI=1S/C14H18BrF2N/c15-10-8-12(16)14(13(17)9-10)18-11-6-4-2-1-3-5-7-11/h8-9,11,18H,1-7H2. The molecule has 0 radical (unpaired) electrons. The maximum absolute atomic E-state index is 13.7. The summed E-state index contributed by atoms with van der Waals surface area (Å²) in [5.41, 5.74) is 0.0174. The lowest BCUT2D eigenvalue weighted by atomic mass is 9.96. The van der Waals surface area contributed by atoms with Gasteiger partial charge in [-0.1, -0.05) is 48.0 Å². The minimum atomic E-state index is -0.524. The van der Waals surface area contributed by atoms with E-state index in [0.717, 1.165) is 25.7 Å². The van der Waals surface area contributed by atoms with E-state index in [2.05, 4.69) is 21.2 Å². The zero-order chi connectivity index (χ0) is 13.0. The Balaban J connectivity index is 2.07. The van der Waals surface area contributed by atoms with Crippen LogP contribution in [0.5, 0.6) is 0 Å². The fourth-order valence-corrected chi connectivity index (χ4v) is 2.89. The minimum Gasteiger partial charge on any atom is -0.378 e. The van der Waals surface area contributed by atoms with Gasteiger partial charge in [0.05, 0.1) is 0 Å². The largest absolute Gasteiger partial charge is 0.378 e. The molecule has 0 bridgehead atoms. The third kappa shape index (κ3) is 3.67. The summed E-state index contributed by atoms with van der Waals surface area (Å²) >= 11 is 3.09. The molecule has 100 valence electrons. The van der Waals surface area contributed by atoms with Crippen LogP contribution in [-0.2, 0) is 0 Å². The summed E-state index contributed by atoms with van der Waals surface area (Å²) in [6.45, 7) is 0. The normalized spacial score (nSPS) is 18.2. The average Bonchev–Trinajstić information content (AvgIpc) is 2.25. The molecule has 0 aromatic heterocycles. The highest BCUT2D eigenvalue weighted by atomic mass is 79.9. The van der Waals surface area contributed by atoms with Crippen molar-refractivity contribution < 1.29 is 8.78 Å². The molecule has 1 nitrogen and oxygen atoms in total. The van der Waals surface area contributed by atoms with Gasteiger partial charge in [0, 0.05) is 10.5 Å². The molecule has 4 heteroatoms. The van der Waals surface area contributed by atoms with Crippen molar-refractivity contribution in [1.29, 1.82) is 0 Å². The third-order valence-electron chi connectivity index (χ3n) is 3.46. The first-order valence-electron chi connectivity index (χ1n) is 6.58. The number of nitrogens with one attached hydrogen (secondary N) is 1. The molecule has 2 rings (SSSR count). The molecule has 0 heterocycles. The molecule has 1 fully saturated rings. The van der Waals surface area contributed by atoms with Gasteiger partial charge in [0.2, 0.25) is 0 Å². The fraction of sp³-hybridized carbons (Fsp3) is 0.571. The number of rotatable bonds is 2. The second-order valence-corrected chi connectivity index (χ2v) is 5.85. The van der Waals surface area contributed by atoms with E-state index >= 15 is 0 Å². The van der Waals surface area contributed by atoms with Crippen LogP contribution in [-0.4, -0.2) is 6.04 Å². The van der Waals surface area contributed by atoms with E-state index in [1.165, 1.54) is 31.4 Å². The van der Waals surface area contributed by atoms with Gasteiger partial charge < -0.3 is 5.32 Å². The quantitative estimate of drug-likeness (QED) is 0.785. The van der Waals surface area contributed by atoms with E-state index in [-0.39, 0.29) is 11.7 Å². The fourth-order valence-electron chi connectivity index (χ4n) is 2.48. The van der Waals surface area contributed by atoms with Gasteiger partial charge in [-0.3, -0.25) is 0 Å². The molecule has 1 aliphatic rings. The number of halogens is 3. The SMILES string of the molecule is Fc1cc(Br)cc(F)c1NC1CCCCCCC1. The number of hydrogen-bond donors (Lipinski definition) is 1. The zero-order valence-electron chi connectivity index (χ0n) is 10.3. The molecular weight excluding hydrogens is 300 g/mol. The first-order valence-corrected chi connectivity index (χ1v) is 7.37. The van der Waals surface area contributed by atoms with Crippen molar-refractivity contribution in [3.8, 4) is 0 Å². The maximum Gasteiger partial charge on any atom is 0.150 e. The molecule has 0 aliphatic heterocycles. The highest BCUT2D eigenvalue weighted by molar-refractivity contribution is 9.10. The molecule has 0 amide bonds. The predicted molar refractivity (Wildman–Crippen MR) is 73.8 cm³/mol. The van der Waals surface area contributed by atoms with Gasteiger partial charge in [0.1, 0.15) is 17.3 Å². The summed E-state index contributed by atoms with van der Waals surface area (Å²) in [5.74, 6) is -1.05. The summed E-state index contributed by atoms with van der Waals surface area (Å²) in [7, 11) is 0. The number of benzene rings is 1. The Kier molecular flexibility index (Phi) is 4.98. The van der Waals surface area contributed by atoms with Crippen LogP contribution in [0.4, 0.5) is 14.5 Å². The van der Waals surface area contributed by atoms with Crippen molar-refractivity contribution >= 4 is 21.6 Å². The average molecular weight is 318 g/mol. The maximum atomic E-state index is 13.7. The van der Waals surface area contributed by atoms with E-state index in [4.69, 9.17) is 0 Å². The Morgan fingerprint density at radius 2 is 1.44 bits per heavy atom. The van der Waals surface area contributed by atoms with E-state index < -0.39 is 11.6 Å². The number of hydrogen-bond acceptors (Lipinski definition) is 1. The highest BCUT2D eigenvalue weighted by Crippen LogP contribution is 2.27. The van der Waals surface area contributed by atoms with Crippen LogP contribution in [0.2, 0.25) is 0 Å². The lowest BCUT2D eigenvalue weighted by Crippen LogP contribution is -2.22. The van der Waals surface area contributed by atoms with E-state index in [1.807, 2.05) is 0 Å². The Labute approximate surface area is 115 Å². The number of anilines is 1. The second-order valence-electron chi connectivity index (χ2n) is 4.93. The molecule has 1 N–H and O–H groups in total. The summed E-state index contributed by atoms with van der Waals surface area (Å²) in [6.07, 6.45) is 8.00. The lowest BCUT2D eigenvalue weighted by Gasteiger charge is -2.22. The molecule has 0 atom stereocenters.